The molecule has 1 aromatic rings. The van der Waals surface area contributed by atoms with Gasteiger partial charge in [0.05, 0.1) is 0 Å². The Hall–Kier alpha value is -0.600. The van der Waals surface area contributed by atoms with Crippen LogP contribution in [0.2, 0.25) is 0 Å². The molecule has 1 N–H and O–H groups in total. The van der Waals surface area contributed by atoms with Gasteiger partial charge in [-0.15, -0.1) is 0 Å². The molecule has 0 fully saturated rings. The molecule has 0 saturated heterocycles. The number of hydrogen-bond acceptors (Lipinski definition) is 1. The van der Waals surface area contributed by atoms with E-state index in [9.17, 15) is 0 Å². The van der Waals surface area contributed by atoms with E-state index in [0.29, 0.717) is 0 Å². The molecule has 0 saturated carbocycles. The van der Waals surface area contributed by atoms with Gasteiger partial charge in [-0.1, -0.05) is 40.2 Å². The molecule has 0 atom stereocenters. The van der Waals surface area contributed by atoms with Crippen molar-refractivity contribution in [1.82, 2.24) is 5.32 Å². The highest BCUT2D eigenvalue weighted by molar-refractivity contribution is 9.10. The second kappa shape index (κ2) is 5.95. The van der Waals surface area contributed by atoms with Crippen LogP contribution >= 0.6 is 15.9 Å². The minimum Gasteiger partial charge on any atom is -0.316 e. The van der Waals surface area contributed by atoms with Crippen LogP contribution in [0, 0.1) is 0 Å². The predicted octanol–water partition coefficient (Wildman–Crippen LogP) is 2.77. The molecule has 0 heterocycles. The second-order valence-electron chi connectivity index (χ2n) is 2.86. The van der Waals surface area contributed by atoms with Gasteiger partial charge in [0.2, 0.25) is 0 Å². The summed E-state index contributed by atoms with van der Waals surface area (Å²) in [6.45, 7) is 0.941. The lowest BCUT2D eigenvalue weighted by molar-refractivity contribution is 0.916. The van der Waals surface area contributed by atoms with Gasteiger partial charge < -0.3 is 5.32 Å². The topological polar surface area (TPSA) is 12.0 Å². The molecule has 0 aliphatic carbocycles. The highest BCUT2D eigenvalue weighted by Crippen LogP contribution is 2.10. The van der Waals surface area contributed by atoms with Crippen LogP contribution in [0.3, 0.4) is 0 Å². The van der Waals surface area contributed by atoms with Crippen molar-refractivity contribution in [3.05, 3.63) is 46.5 Å². The Bertz CT molecular complexity index is 264. The van der Waals surface area contributed by atoms with Crippen LogP contribution < -0.4 is 5.32 Å². The fourth-order valence-electron chi connectivity index (χ4n) is 1.04. The van der Waals surface area contributed by atoms with E-state index in [1.807, 2.05) is 7.05 Å². The fraction of sp³-hybridized carbons (Fsp3) is 0.273. The van der Waals surface area contributed by atoms with Crippen molar-refractivity contribution in [1.29, 1.82) is 0 Å². The number of rotatable bonds is 4. The van der Waals surface area contributed by atoms with Crippen molar-refractivity contribution in [2.45, 2.75) is 6.42 Å². The first kappa shape index (κ1) is 10.5. The van der Waals surface area contributed by atoms with Gasteiger partial charge in [0.15, 0.2) is 0 Å². The number of nitrogens with one attached hydrogen (secondary N) is 1. The van der Waals surface area contributed by atoms with E-state index >= 15 is 0 Å². The minimum absolute atomic E-state index is 0.941. The first-order valence-corrected chi connectivity index (χ1v) is 5.16. The maximum absolute atomic E-state index is 3.41. The van der Waals surface area contributed by atoms with Crippen LogP contribution in [0.1, 0.15) is 5.56 Å². The predicted molar refractivity (Wildman–Crippen MR) is 60.9 cm³/mol. The molecule has 0 aromatic heterocycles. The lowest BCUT2D eigenvalue weighted by Gasteiger charge is -1.96. The zero-order valence-electron chi connectivity index (χ0n) is 7.76. The molecular weight excluding hydrogens is 226 g/mol. The molecule has 0 aliphatic rings. The van der Waals surface area contributed by atoms with Crippen LogP contribution in [0.25, 0.3) is 0 Å². The van der Waals surface area contributed by atoms with Gasteiger partial charge >= 0.3 is 0 Å². The summed E-state index contributed by atoms with van der Waals surface area (Å²) in [5.41, 5.74) is 1.34. The quantitative estimate of drug-likeness (QED) is 0.798. The van der Waals surface area contributed by atoms with Crippen LogP contribution in [0.5, 0.6) is 0 Å². The summed E-state index contributed by atoms with van der Waals surface area (Å²) in [5, 5.41) is 3.07. The lowest BCUT2D eigenvalue weighted by Crippen LogP contribution is -2.03. The number of likely N-dealkylation sites (N-methyl/N-ethyl adjacent to an activating group) is 1. The highest BCUT2D eigenvalue weighted by atomic mass is 79.9. The van der Waals surface area contributed by atoms with Crippen molar-refractivity contribution < 1.29 is 0 Å². The number of allylic oxidation sites excluding steroid dienone is 1. The molecule has 0 aliphatic heterocycles. The van der Waals surface area contributed by atoms with E-state index < -0.39 is 0 Å². The van der Waals surface area contributed by atoms with Crippen LogP contribution in [0.15, 0.2) is 40.9 Å². The molecule has 1 aromatic carbocycles. The third-order valence-corrected chi connectivity index (χ3v) is 2.28. The summed E-state index contributed by atoms with van der Waals surface area (Å²) < 4.78 is 1.13. The number of halogens is 1. The Morgan fingerprint density at radius 1 is 1.23 bits per heavy atom. The largest absolute Gasteiger partial charge is 0.316 e. The van der Waals surface area contributed by atoms with Gasteiger partial charge in [-0.05, 0) is 31.2 Å². The molecule has 13 heavy (non-hydrogen) atoms. The van der Waals surface area contributed by atoms with Crippen LogP contribution in [0.4, 0.5) is 0 Å². The zero-order chi connectivity index (χ0) is 9.52. The van der Waals surface area contributed by atoms with Gasteiger partial charge in [0.1, 0.15) is 0 Å². The standard InChI is InChI=1S/C11H14BrN/c1-13-9-3-2-4-10-5-7-11(12)8-6-10/h2-3,5-8,13H,4,9H2,1H3/b3-2-. The maximum Gasteiger partial charge on any atom is 0.0175 e. The lowest BCUT2D eigenvalue weighted by atomic mass is 10.1. The molecule has 0 radical (unpaired) electrons. The number of benzene rings is 1. The molecule has 1 nitrogen and oxygen atoms in total. The third kappa shape index (κ3) is 4.25. The summed E-state index contributed by atoms with van der Waals surface area (Å²) in [6.07, 6.45) is 5.33. The zero-order valence-corrected chi connectivity index (χ0v) is 9.34. The van der Waals surface area contributed by atoms with Crippen molar-refractivity contribution in [3.63, 3.8) is 0 Å². The molecule has 0 bridgehead atoms. The smallest absolute Gasteiger partial charge is 0.0175 e. The van der Waals surface area contributed by atoms with Gasteiger partial charge in [-0.2, -0.15) is 0 Å². The first-order valence-electron chi connectivity index (χ1n) is 4.37. The monoisotopic (exact) mass is 239 g/mol. The fourth-order valence-corrected chi connectivity index (χ4v) is 1.31. The molecule has 2 heteroatoms. The summed E-state index contributed by atoms with van der Waals surface area (Å²) >= 11 is 3.41. The Morgan fingerprint density at radius 3 is 2.54 bits per heavy atom. The molecule has 0 unspecified atom stereocenters. The van der Waals surface area contributed by atoms with E-state index in [2.05, 4.69) is 57.7 Å². The highest BCUT2D eigenvalue weighted by Gasteiger charge is 1.88. The SMILES string of the molecule is CNC/C=C\Cc1ccc(Br)cc1. The summed E-state index contributed by atoms with van der Waals surface area (Å²) in [5.74, 6) is 0. The second-order valence-corrected chi connectivity index (χ2v) is 3.78. The van der Waals surface area contributed by atoms with E-state index in [1.54, 1.807) is 0 Å². The van der Waals surface area contributed by atoms with Gasteiger partial charge in [0, 0.05) is 11.0 Å². The van der Waals surface area contributed by atoms with Crippen molar-refractivity contribution >= 4 is 15.9 Å². The Balaban J connectivity index is 2.41. The van der Waals surface area contributed by atoms with Crippen molar-refractivity contribution in [3.8, 4) is 0 Å². The molecule has 0 spiro atoms. The molecule has 1 rings (SSSR count). The minimum atomic E-state index is 0.941. The van der Waals surface area contributed by atoms with E-state index in [-0.39, 0.29) is 0 Å². The third-order valence-electron chi connectivity index (χ3n) is 1.76. The normalized spacial score (nSPS) is 10.9. The number of hydrogen-bond donors (Lipinski definition) is 1. The van der Waals surface area contributed by atoms with E-state index in [4.69, 9.17) is 0 Å². The summed E-state index contributed by atoms with van der Waals surface area (Å²) in [7, 11) is 1.95. The molecular formula is C11H14BrN. The van der Waals surface area contributed by atoms with Gasteiger partial charge in [0.25, 0.3) is 0 Å². The van der Waals surface area contributed by atoms with Crippen LogP contribution in [-0.4, -0.2) is 13.6 Å². The molecule has 70 valence electrons. The van der Waals surface area contributed by atoms with Crippen molar-refractivity contribution in [2.75, 3.05) is 13.6 Å². The average Bonchev–Trinajstić information content (AvgIpc) is 2.15. The van der Waals surface area contributed by atoms with Crippen molar-refractivity contribution in [2.24, 2.45) is 0 Å². The van der Waals surface area contributed by atoms with Gasteiger partial charge in [-0.25, -0.2) is 0 Å². The molecule has 0 amide bonds. The average molecular weight is 240 g/mol. The summed E-state index contributed by atoms with van der Waals surface area (Å²) in [6, 6.07) is 8.41. The Kier molecular flexibility index (Phi) is 4.79. The van der Waals surface area contributed by atoms with E-state index in [0.717, 1.165) is 17.4 Å². The van der Waals surface area contributed by atoms with Crippen LogP contribution in [-0.2, 0) is 6.42 Å². The van der Waals surface area contributed by atoms with Gasteiger partial charge in [-0.3, -0.25) is 0 Å². The van der Waals surface area contributed by atoms with E-state index in [1.165, 1.54) is 5.56 Å². The Morgan fingerprint density at radius 2 is 1.92 bits per heavy atom. The summed E-state index contributed by atoms with van der Waals surface area (Å²) in [4.78, 5) is 0. The Labute approximate surface area is 88.0 Å². The first-order chi connectivity index (χ1) is 6.33. The maximum atomic E-state index is 3.41.